The zero-order valence-electron chi connectivity index (χ0n) is 28.0. The molecule has 2 fully saturated rings. The highest BCUT2D eigenvalue weighted by Crippen LogP contribution is 2.45. The summed E-state index contributed by atoms with van der Waals surface area (Å²) in [6.07, 6.45) is 4.99. The third-order valence-electron chi connectivity index (χ3n) is 9.06. The Balaban J connectivity index is 1.25. The second-order valence-corrected chi connectivity index (χ2v) is 12.9. The number of nitrogens with zero attached hydrogens (tertiary/aromatic N) is 6. The lowest BCUT2D eigenvalue weighted by molar-refractivity contribution is -0.124. The first-order valence-corrected chi connectivity index (χ1v) is 16.0. The van der Waals surface area contributed by atoms with E-state index in [1.165, 1.54) is 11.0 Å². The molecule has 250 valence electrons. The van der Waals surface area contributed by atoms with E-state index in [4.69, 9.17) is 32.3 Å². The fourth-order valence-corrected chi connectivity index (χ4v) is 6.11. The minimum atomic E-state index is -1.38. The first kappa shape index (κ1) is 33.7. The Morgan fingerprint density at radius 2 is 1.78 bits per heavy atom. The van der Waals surface area contributed by atoms with Gasteiger partial charge in [0, 0.05) is 70.1 Å². The van der Waals surface area contributed by atoms with Crippen LogP contribution in [0.15, 0.2) is 65.9 Å². The second kappa shape index (κ2) is 13.0. The number of hydrogen-bond acceptors (Lipinski definition) is 10. The number of amides is 3. The number of likely N-dealkylation sites (tertiary alicyclic amines) is 1. The molecule has 7 N–H and O–H groups in total. The summed E-state index contributed by atoms with van der Waals surface area (Å²) in [7, 11) is 19.9. The Morgan fingerprint density at radius 3 is 2.45 bits per heavy atom. The van der Waals surface area contributed by atoms with Crippen LogP contribution in [0.4, 0.5) is 11.4 Å². The van der Waals surface area contributed by atoms with Gasteiger partial charge in [-0.05, 0) is 36.4 Å². The monoisotopic (exact) mass is 659 g/mol. The minimum absolute atomic E-state index is 0.0129. The van der Waals surface area contributed by atoms with Crippen LogP contribution in [0.5, 0.6) is 0 Å². The number of nitrogens with two attached hydrogens (primary N) is 2. The van der Waals surface area contributed by atoms with Crippen LogP contribution in [-0.4, -0.2) is 99.3 Å². The number of nitrogens with one attached hydrogen (secondary N) is 3. The van der Waals surface area contributed by atoms with Gasteiger partial charge in [0.2, 0.25) is 5.91 Å². The summed E-state index contributed by atoms with van der Waals surface area (Å²) < 4.78 is 2.01. The normalized spacial score (nSPS) is 16.9. The van der Waals surface area contributed by atoms with Crippen LogP contribution in [0.3, 0.4) is 0 Å². The van der Waals surface area contributed by atoms with E-state index < -0.39 is 11.2 Å². The molecule has 2 aromatic heterocycles. The number of benzene rings is 1. The topological polar surface area (TPSA) is 180 Å². The Morgan fingerprint density at radius 1 is 1.06 bits per heavy atom. The van der Waals surface area contributed by atoms with Crippen molar-refractivity contribution >= 4 is 44.8 Å². The van der Waals surface area contributed by atoms with Gasteiger partial charge in [-0.1, -0.05) is 18.2 Å². The second-order valence-electron chi connectivity index (χ2n) is 12.9. The Bertz CT molecular complexity index is 1880. The number of carbonyl (C=O) groups is 3. The van der Waals surface area contributed by atoms with Crippen LogP contribution in [0.2, 0.25) is 0 Å². The molecular formula is C33H39B2N11O3. The number of anilines is 2. The summed E-state index contributed by atoms with van der Waals surface area (Å²) in [4.78, 5) is 47.2. The van der Waals surface area contributed by atoms with Crippen molar-refractivity contribution in [3.63, 3.8) is 0 Å². The average molecular weight is 659 g/mol. The smallest absolute Gasteiger partial charge is 0.271 e. The largest absolute Gasteiger partial charge is 0.393 e. The van der Waals surface area contributed by atoms with Crippen LogP contribution < -0.4 is 32.3 Å². The predicted octanol–water partition coefficient (Wildman–Crippen LogP) is 0.255. The molecule has 1 saturated heterocycles. The molecule has 3 aliphatic rings. The molecule has 4 heterocycles. The molecule has 1 saturated carbocycles. The van der Waals surface area contributed by atoms with Crippen molar-refractivity contribution in [3.8, 4) is 11.1 Å². The van der Waals surface area contributed by atoms with E-state index in [1.54, 1.807) is 39.3 Å². The maximum Gasteiger partial charge on any atom is 0.271 e. The number of rotatable bonds is 10. The van der Waals surface area contributed by atoms with E-state index in [0.717, 1.165) is 35.3 Å². The van der Waals surface area contributed by atoms with Gasteiger partial charge in [-0.3, -0.25) is 19.1 Å². The first-order chi connectivity index (χ1) is 23.3. The van der Waals surface area contributed by atoms with Crippen molar-refractivity contribution in [3.05, 3.63) is 83.0 Å². The lowest BCUT2D eigenvalue weighted by Gasteiger charge is -2.50. The van der Waals surface area contributed by atoms with Gasteiger partial charge in [0.1, 0.15) is 17.2 Å². The molecule has 1 aromatic carbocycles. The van der Waals surface area contributed by atoms with E-state index in [1.807, 2.05) is 41.0 Å². The molecule has 14 nitrogen and oxygen atoms in total. The molecule has 4 radical (unpaired) electrons. The van der Waals surface area contributed by atoms with Gasteiger partial charge >= 0.3 is 0 Å². The molecule has 49 heavy (non-hydrogen) atoms. The van der Waals surface area contributed by atoms with E-state index in [-0.39, 0.29) is 46.7 Å². The minimum Gasteiger partial charge on any atom is -0.393 e. The Kier molecular flexibility index (Phi) is 8.92. The molecule has 0 unspecified atom stereocenters. The van der Waals surface area contributed by atoms with Crippen LogP contribution in [-0.2, 0) is 21.5 Å². The number of para-hydroxylation sites is 1. The van der Waals surface area contributed by atoms with E-state index in [2.05, 4.69) is 25.8 Å². The summed E-state index contributed by atoms with van der Waals surface area (Å²) in [5.41, 5.74) is 17.9. The summed E-state index contributed by atoms with van der Waals surface area (Å²) in [5.74, 6) is -0.847. The van der Waals surface area contributed by atoms with Crippen LogP contribution >= 0.6 is 0 Å². The SMILES string of the molecule is [B]C([B])(c1cccc(C(=O)NC)n1)N1CC(n2ncc3c2CN(C)c2c(NC(/C=C(\N)NC(=O)C4CC4)=C(/N)C(=O)N(C)C)cccc2-3)C1. The van der Waals surface area contributed by atoms with E-state index in [0.29, 0.717) is 31.0 Å². The average Bonchev–Trinajstić information content (AvgIpc) is 3.83. The maximum atomic E-state index is 12.9. The van der Waals surface area contributed by atoms with Crippen molar-refractivity contribution in [1.82, 2.24) is 35.2 Å². The predicted molar refractivity (Wildman–Crippen MR) is 188 cm³/mol. The summed E-state index contributed by atoms with van der Waals surface area (Å²) in [5, 5.41) is 12.0. The molecule has 6 rings (SSSR count). The molecular weight excluding hydrogens is 620 g/mol. The summed E-state index contributed by atoms with van der Waals surface area (Å²) in [6, 6.07) is 10.9. The molecule has 0 spiro atoms. The Labute approximate surface area is 287 Å². The first-order valence-electron chi connectivity index (χ1n) is 16.0. The van der Waals surface area contributed by atoms with Crippen molar-refractivity contribution in [2.24, 2.45) is 17.4 Å². The number of allylic oxidation sites excluding steroid dienone is 1. The highest BCUT2D eigenvalue weighted by molar-refractivity contribution is 6.39. The molecule has 0 bridgehead atoms. The number of aromatic nitrogens is 3. The third kappa shape index (κ3) is 6.47. The summed E-state index contributed by atoms with van der Waals surface area (Å²) in [6.45, 7) is 1.61. The zero-order chi connectivity index (χ0) is 35.2. The zero-order valence-corrected chi connectivity index (χ0v) is 28.0. The quantitative estimate of drug-likeness (QED) is 0.115. The van der Waals surface area contributed by atoms with Gasteiger partial charge in [-0.25, -0.2) is 4.98 Å². The molecule has 3 aromatic rings. The summed E-state index contributed by atoms with van der Waals surface area (Å²) >= 11 is 0. The molecule has 1 aliphatic carbocycles. The molecule has 3 amide bonds. The fourth-order valence-electron chi connectivity index (χ4n) is 6.11. The lowest BCUT2D eigenvalue weighted by atomic mass is 9.57. The van der Waals surface area contributed by atoms with Crippen LogP contribution in [0.25, 0.3) is 11.1 Å². The van der Waals surface area contributed by atoms with Crippen LogP contribution in [0, 0.1) is 5.92 Å². The lowest BCUT2D eigenvalue weighted by Crippen LogP contribution is -2.60. The number of pyridine rings is 1. The number of hydrogen-bond donors (Lipinski definition) is 5. The number of likely N-dealkylation sites (N-methyl/N-ethyl adjacent to an activating group) is 1. The highest BCUT2D eigenvalue weighted by Gasteiger charge is 2.41. The van der Waals surface area contributed by atoms with Gasteiger partial charge in [-0.15, -0.1) is 0 Å². The van der Waals surface area contributed by atoms with Crippen molar-refractivity contribution < 1.29 is 14.4 Å². The van der Waals surface area contributed by atoms with E-state index >= 15 is 0 Å². The van der Waals surface area contributed by atoms with Gasteiger partial charge in [0.25, 0.3) is 11.8 Å². The van der Waals surface area contributed by atoms with Crippen molar-refractivity contribution in [2.75, 3.05) is 51.5 Å². The van der Waals surface area contributed by atoms with Crippen molar-refractivity contribution in [1.29, 1.82) is 0 Å². The van der Waals surface area contributed by atoms with Crippen molar-refractivity contribution in [2.45, 2.75) is 30.8 Å². The van der Waals surface area contributed by atoms with Crippen LogP contribution in [0.1, 0.15) is 40.8 Å². The molecule has 2 aliphatic heterocycles. The van der Waals surface area contributed by atoms with E-state index in [9.17, 15) is 14.4 Å². The maximum absolute atomic E-state index is 12.9. The molecule has 0 atom stereocenters. The number of carbonyl (C=O) groups excluding carboxylic acids is 3. The van der Waals surface area contributed by atoms with Gasteiger partial charge in [0.15, 0.2) is 0 Å². The molecule has 16 heteroatoms. The third-order valence-corrected chi connectivity index (χ3v) is 9.06. The van der Waals surface area contributed by atoms with Gasteiger partial charge in [-0.2, -0.15) is 5.10 Å². The van der Waals surface area contributed by atoms with Gasteiger partial charge in [0.05, 0.1) is 57.2 Å². The highest BCUT2D eigenvalue weighted by atomic mass is 16.2. The number of fused-ring (bicyclic) bond motifs is 3. The van der Waals surface area contributed by atoms with Gasteiger partial charge < -0.3 is 42.1 Å². The standard InChI is InChI=1S/C33H39B2N11O3/c1-38-31(48)23-9-6-10-26(41-23)33(34,35)45-15-19(16-45)46-25-17-44(4)29-20(21(25)14-39-46)7-5-8-22(29)40-24(28(37)32(49)43(2)3)13-27(36)42-30(47)18-11-12-18/h5-10,13-14,18-19,40H,11-12,15-17,36-37H2,1-4H3,(H,38,48)(H,42,47)/b27-13+,28-24+. The Hall–Kier alpha value is -5.24. The fraction of sp³-hybridized carbons (Fsp3) is 0.364.